The van der Waals surface area contributed by atoms with Crippen molar-refractivity contribution in [2.75, 3.05) is 13.2 Å². The second-order valence-electron chi connectivity index (χ2n) is 1.38. The van der Waals surface area contributed by atoms with Crippen molar-refractivity contribution in [3.05, 3.63) is 0 Å². The first-order valence-electron chi connectivity index (χ1n) is 2.80. The van der Waals surface area contributed by atoms with Crippen LogP contribution in [0.15, 0.2) is 0 Å². The fourth-order valence-electron chi connectivity index (χ4n) is 0.397. The van der Waals surface area contributed by atoms with Crippen molar-refractivity contribution in [2.24, 2.45) is 5.50 Å². The summed E-state index contributed by atoms with van der Waals surface area (Å²) in [6.45, 7) is 2.36. The predicted octanol–water partition coefficient (Wildman–Crippen LogP) is 1.24. The van der Waals surface area contributed by atoms with Crippen molar-refractivity contribution in [1.29, 1.82) is 0 Å². The van der Waals surface area contributed by atoms with Crippen LogP contribution in [0.1, 0.15) is 13.8 Å². The minimum atomic E-state index is -2.36. The summed E-state index contributed by atoms with van der Waals surface area (Å²) in [6, 6.07) is 0. The van der Waals surface area contributed by atoms with Gasteiger partial charge in [-0.15, -0.1) is 0 Å². The zero-order chi connectivity index (χ0) is 7.33. The van der Waals surface area contributed by atoms with Gasteiger partial charge in [0.15, 0.2) is 0 Å². The normalized spacial score (nSPS) is 11.9. The average molecular weight is 169 g/mol. The molecule has 0 spiro atoms. The zero-order valence-corrected chi connectivity index (χ0v) is 7.37. The Balaban J connectivity index is 3.58. The van der Waals surface area contributed by atoms with Crippen LogP contribution < -0.4 is 5.50 Å². The molecule has 0 aromatic carbocycles. The monoisotopic (exact) mass is 169 g/mol. The molecule has 0 aromatic rings. The highest BCUT2D eigenvalue weighted by molar-refractivity contribution is 8.08. The zero-order valence-electron chi connectivity index (χ0n) is 5.66. The quantitative estimate of drug-likeness (QED) is 0.643. The molecular formula is C4H12NO2PS. The molecule has 0 aliphatic heterocycles. The summed E-state index contributed by atoms with van der Waals surface area (Å²) in [7, 11) is 0. The second kappa shape index (κ2) is 4.36. The number of hydrogen-bond acceptors (Lipinski definition) is 3. The van der Waals surface area contributed by atoms with Crippen molar-refractivity contribution in [3.8, 4) is 0 Å². The summed E-state index contributed by atoms with van der Waals surface area (Å²) in [6.07, 6.45) is 0. The average Bonchev–Trinajstić information content (AvgIpc) is 1.64. The van der Waals surface area contributed by atoms with Crippen LogP contribution in [-0.4, -0.2) is 13.2 Å². The minimum Gasteiger partial charge on any atom is -0.318 e. The summed E-state index contributed by atoms with van der Waals surface area (Å²) in [5.41, 5.74) is 5.42. The Morgan fingerprint density at radius 2 is 1.67 bits per heavy atom. The maximum Gasteiger partial charge on any atom is 0.258 e. The molecule has 0 fully saturated rings. The molecule has 9 heavy (non-hydrogen) atoms. The van der Waals surface area contributed by atoms with Gasteiger partial charge in [-0.1, -0.05) is 0 Å². The van der Waals surface area contributed by atoms with E-state index < -0.39 is 6.64 Å². The molecule has 0 saturated carbocycles. The summed E-state index contributed by atoms with van der Waals surface area (Å²) >= 11 is 4.79. The molecule has 0 rings (SSSR count). The molecule has 0 unspecified atom stereocenters. The molecule has 3 nitrogen and oxygen atoms in total. The molecule has 0 aromatic heterocycles. The topological polar surface area (TPSA) is 44.5 Å². The Morgan fingerprint density at radius 1 is 1.33 bits per heavy atom. The molecule has 0 aliphatic rings. The van der Waals surface area contributed by atoms with Crippen LogP contribution in [0.5, 0.6) is 0 Å². The van der Waals surface area contributed by atoms with E-state index in [1.165, 1.54) is 0 Å². The molecule has 2 N–H and O–H groups in total. The van der Waals surface area contributed by atoms with Crippen LogP contribution >= 0.6 is 6.64 Å². The maximum atomic E-state index is 5.42. The highest BCUT2D eigenvalue weighted by atomic mass is 32.5. The Bertz CT molecular complexity index is 109. The molecule has 0 aliphatic carbocycles. The van der Waals surface area contributed by atoms with Crippen LogP contribution in [0.3, 0.4) is 0 Å². The van der Waals surface area contributed by atoms with Crippen molar-refractivity contribution >= 4 is 18.4 Å². The highest BCUT2D eigenvalue weighted by Crippen LogP contribution is 2.38. The van der Waals surface area contributed by atoms with Gasteiger partial charge >= 0.3 is 0 Å². The summed E-state index contributed by atoms with van der Waals surface area (Å²) in [5, 5.41) is 0. The summed E-state index contributed by atoms with van der Waals surface area (Å²) in [5.74, 6) is 0. The molecule has 0 radical (unpaired) electrons. The smallest absolute Gasteiger partial charge is 0.258 e. The van der Waals surface area contributed by atoms with Crippen LogP contribution in [0, 0.1) is 0 Å². The van der Waals surface area contributed by atoms with Crippen LogP contribution in [0.4, 0.5) is 0 Å². The van der Waals surface area contributed by atoms with Crippen molar-refractivity contribution in [1.82, 2.24) is 0 Å². The van der Waals surface area contributed by atoms with Crippen molar-refractivity contribution in [2.45, 2.75) is 13.8 Å². The lowest BCUT2D eigenvalue weighted by Gasteiger charge is -2.13. The van der Waals surface area contributed by atoms with E-state index in [1.54, 1.807) is 0 Å². The van der Waals surface area contributed by atoms with Gasteiger partial charge in [0.2, 0.25) is 0 Å². The van der Waals surface area contributed by atoms with E-state index >= 15 is 0 Å². The van der Waals surface area contributed by atoms with E-state index in [0.717, 1.165) is 0 Å². The van der Waals surface area contributed by atoms with Gasteiger partial charge in [0.1, 0.15) is 0 Å². The van der Waals surface area contributed by atoms with Gasteiger partial charge in [0, 0.05) is 0 Å². The summed E-state index contributed by atoms with van der Waals surface area (Å²) in [4.78, 5) is 0. The van der Waals surface area contributed by atoms with Gasteiger partial charge in [-0.3, -0.25) is 5.50 Å². The third-order valence-corrected chi connectivity index (χ3v) is 2.49. The molecule has 0 atom stereocenters. The Morgan fingerprint density at radius 3 is 1.89 bits per heavy atom. The molecule has 0 heterocycles. The van der Waals surface area contributed by atoms with Crippen LogP contribution in [0.25, 0.3) is 0 Å². The van der Waals surface area contributed by atoms with Gasteiger partial charge in [-0.05, 0) is 25.7 Å². The van der Waals surface area contributed by atoms with Crippen LogP contribution in [0.2, 0.25) is 0 Å². The largest absolute Gasteiger partial charge is 0.318 e. The van der Waals surface area contributed by atoms with E-state index in [1.807, 2.05) is 13.8 Å². The van der Waals surface area contributed by atoms with E-state index in [2.05, 4.69) is 0 Å². The second-order valence-corrected chi connectivity index (χ2v) is 4.50. The van der Waals surface area contributed by atoms with Gasteiger partial charge < -0.3 is 9.05 Å². The van der Waals surface area contributed by atoms with Crippen molar-refractivity contribution < 1.29 is 9.05 Å². The van der Waals surface area contributed by atoms with Crippen molar-refractivity contribution in [3.63, 3.8) is 0 Å². The molecule has 0 bridgehead atoms. The SMILES string of the molecule is CCOP(N)(=S)OCC. The number of hydrogen-bond donors (Lipinski definition) is 1. The Hall–Kier alpha value is 0.530. The predicted molar refractivity (Wildman–Crippen MR) is 41.7 cm³/mol. The van der Waals surface area contributed by atoms with Gasteiger partial charge in [0.25, 0.3) is 6.64 Å². The molecule has 0 saturated heterocycles. The van der Waals surface area contributed by atoms with E-state index in [9.17, 15) is 0 Å². The number of nitrogens with two attached hydrogens (primary N) is 1. The molecular weight excluding hydrogens is 157 g/mol. The van der Waals surface area contributed by atoms with Gasteiger partial charge in [-0.2, -0.15) is 0 Å². The van der Waals surface area contributed by atoms with Crippen LogP contribution in [-0.2, 0) is 20.9 Å². The Labute approximate surface area is 60.8 Å². The van der Waals surface area contributed by atoms with Gasteiger partial charge in [0.05, 0.1) is 13.2 Å². The third-order valence-electron chi connectivity index (χ3n) is 0.618. The maximum absolute atomic E-state index is 5.42. The first kappa shape index (κ1) is 9.53. The molecule has 5 heteroatoms. The lowest BCUT2D eigenvalue weighted by Crippen LogP contribution is -2.02. The van der Waals surface area contributed by atoms with Gasteiger partial charge in [-0.25, -0.2) is 0 Å². The van der Waals surface area contributed by atoms with E-state index in [0.29, 0.717) is 13.2 Å². The summed E-state index contributed by atoms with van der Waals surface area (Å²) < 4.78 is 9.90. The molecule has 56 valence electrons. The third kappa shape index (κ3) is 5.00. The van der Waals surface area contributed by atoms with E-state index in [4.69, 9.17) is 26.4 Å². The first-order valence-corrected chi connectivity index (χ1v) is 5.50. The first-order chi connectivity index (χ1) is 4.12. The fraction of sp³-hybridized carbons (Fsp3) is 1.00. The highest BCUT2D eigenvalue weighted by Gasteiger charge is 2.08. The Kier molecular flexibility index (Phi) is 4.62. The number of rotatable bonds is 4. The lowest BCUT2D eigenvalue weighted by molar-refractivity contribution is 0.267. The minimum absolute atomic E-state index is 0.522. The standard InChI is InChI=1S/C4H12NO2PS/c1-3-6-8(5,9)7-4-2/h3-4H2,1-2H3,(H2,5,9). The fourth-order valence-corrected chi connectivity index (χ4v) is 1.82. The van der Waals surface area contributed by atoms with E-state index in [-0.39, 0.29) is 0 Å². The lowest BCUT2D eigenvalue weighted by atomic mass is 10.9. The molecule has 0 amide bonds.